The van der Waals surface area contributed by atoms with Crippen molar-refractivity contribution in [3.63, 3.8) is 0 Å². The summed E-state index contributed by atoms with van der Waals surface area (Å²) in [5.74, 6) is -0.0393. The molecule has 0 aromatic heterocycles. The van der Waals surface area contributed by atoms with E-state index in [4.69, 9.17) is 4.74 Å². The Hall–Kier alpha value is -0.830. The zero-order valence-corrected chi connectivity index (χ0v) is 23.8. The van der Waals surface area contributed by atoms with Gasteiger partial charge in [-0.1, -0.05) is 109 Å². The molecule has 1 unspecified atom stereocenters. The number of unbranched alkanes of at least 4 members (excludes halogenated alkanes) is 16. The van der Waals surface area contributed by atoms with Crippen molar-refractivity contribution >= 4 is 5.97 Å². The van der Waals surface area contributed by atoms with E-state index in [-0.39, 0.29) is 5.97 Å². The van der Waals surface area contributed by atoms with Gasteiger partial charge in [0.25, 0.3) is 0 Å². The van der Waals surface area contributed by atoms with E-state index in [1.165, 1.54) is 122 Å². The third-order valence-corrected chi connectivity index (χ3v) is 7.00. The van der Waals surface area contributed by atoms with Crippen LogP contribution >= 0.6 is 0 Å². The predicted octanol–water partition coefficient (Wildman–Crippen LogP) is 9.64. The monoisotopic (exact) mass is 479 g/mol. The van der Waals surface area contributed by atoms with Gasteiger partial charge in [-0.3, -0.25) is 4.79 Å². The lowest BCUT2D eigenvalue weighted by molar-refractivity contribution is -0.143. The Balaban J connectivity index is 3.35. The second-order valence-electron chi connectivity index (χ2n) is 10.5. The quantitative estimate of drug-likeness (QED) is 0.0702. The molecule has 0 saturated carbocycles. The van der Waals surface area contributed by atoms with E-state index in [1.807, 2.05) is 6.92 Å². The molecule has 0 aromatic carbocycles. The first-order valence-electron chi connectivity index (χ1n) is 15.1. The number of carbonyl (C=O) groups is 1. The van der Waals surface area contributed by atoms with Crippen LogP contribution in [0.25, 0.3) is 0 Å². The highest BCUT2D eigenvalue weighted by Gasteiger charge is 2.10. The number of hydrogen-bond donors (Lipinski definition) is 0. The SMILES string of the molecule is CCCCCCC(CCCCCCCCCC/C=C\CCCCCCCC(=O)OCC)N(C)C. The Kier molecular flexibility index (Phi) is 26.1. The van der Waals surface area contributed by atoms with Crippen molar-refractivity contribution in [2.75, 3.05) is 20.7 Å². The van der Waals surface area contributed by atoms with Gasteiger partial charge in [0.05, 0.1) is 6.61 Å². The predicted molar refractivity (Wildman–Crippen MR) is 150 cm³/mol. The molecule has 0 radical (unpaired) electrons. The molecule has 0 rings (SSSR count). The molecular formula is C31H61NO2. The maximum Gasteiger partial charge on any atom is 0.305 e. The summed E-state index contributed by atoms with van der Waals surface area (Å²) in [5, 5.41) is 0. The number of allylic oxidation sites excluding steroid dienone is 2. The molecule has 0 aliphatic heterocycles. The molecule has 3 nitrogen and oxygen atoms in total. The molecule has 0 amide bonds. The Morgan fingerprint density at radius 3 is 1.56 bits per heavy atom. The molecule has 34 heavy (non-hydrogen) atoms. The molecule has 0 bridgehead atoms. The third kappa shape index (κ3) is 24.3. The summed E-state index contributed by atoms with van der Waals surface area (Å²) < 4.78 is 4.95. The Bertz CT molecular complexity index is 447. The maximum atomic E-state index is 11.3. The molecular weight excluding hydrogens is 418 g/mol. The fourth-order valence-electron chi connectivity index (χ4n) is 4.70. The Morgan fingerprint density at radius 2 is 1.09 bits per heavy atom. The number of rotatable bonds is 26. The lowest BCUT2D eigenvalue weighted by Crippen LogP contribution is -2.27. The molecule has 0 fully saturated rings. The maximum absolute atomic E-state index is 11.3. The average Bonchev–Trinajstić information content (AvgIpc) is 2.81. The summed E-state index contributed by atoms with van der Waals surface area (Å²) >= 11 is 0. The van der Waals surface area contributed by atoms with Crippen LogP contribution in [0.15, 0.2) is 12.2 Å². The van der Waals surface area contributed by atoms with Crippen LogP contribution in [-0.4, -0.2) is 37.6 Å². The average molecular weight is 480 g/mol. The zero-order valence-electron chi connectivity index (χ0n) is 23.8. The van der Waals surface area contributed by atoms with Gasteiger partial charge in [0.1, 0.15) is 0 Å². The van der Waals surface area contributed by atoms with Crippen LogP contribution in [0.1, 0.15) is 155 Å². The van der Waals surface area contributed by atoms with Gasteiger partial charge in [-0.05, 0) is 66.0 Å². The molecule has 0 saturated heterocycles. The van der Waals surface area contributed by atoms with E-state index < -0.39 is 0 Å². The standard InChI is InChI=1S/C31H61NO2/c1-5-7-8-24-27-30(32(3)4)28-25-22-20-18-16-14-12-10-9-11-13-15-17-19-21-23-26-29-31(33)34-6-2/h11,13,30H,5-10,12,14-29H2,1-4H3/b13-11-. The topological polar surface area (TPSA) is 29.5 Å². The summed E-state index contributed by atoms with van der Waals surface area (Å²) in [7, 11) is 4.52. The summed E-state index contributed by atoms with van der Waals surface area (Å²) in [5.41, 5.74) is 0. The van der Waals surface area contributed by atoms with Gasteiger partial charge in [-0.25, -0.2) is 0 Å². The Morgan fingerprint density at radius 1 is 0.647 bits per heavy atom. The highest BCUT2D eigenvalue weighted by molar-refractivity contribution is 5.69. The number of ether oxygens (including phenoxy) is 1. The lowest BCUT2D eigenvalue weighted by atomic mass is 9.99. The highest BCUT2D eigenvalue weighted by atomic mass is 16.5. The summed E-state index contributed by atoms with van der Waals surface area (Å²) in [6.07, 6.45) is 33.4. The van der Waals surface area contributed by atoms with Crippen molar-refractivity contribution in [1.29, 1.82) is 0 Å². The first-order valence-corrected chi connectivity index (χ1v) is 15.1. The van der Waals surface area contributed by atoms with Crippen LogP contribution in [0.4, 0.5) is 0 Å². The number of esters is 1. The molecule has 0 heterocycles. The number of carbonyl (C=O) groups excluding carboxylic acids is 1. The second kappa shape index (κ2) is 26.8. The van der Waals surface area contributed by atoms with Gasteiger partial charge in [-0.2, -0.15) is 0 Å². The lowest BCUT2D eigenvalue weighted by Gasteiger charge is -2.24. The smallest absolute Gasteiger partial charge is 0.305 e. The van der Waals surface area contributed by atoms with Crippen molar-refractivity contribution in [1.82, 2.24) is 4.90 Å². The minimum Gasteiger partial charge on any atom is -0.466 e. The number of nitrogens with zero attached hydrogens (tertiary/aromatic N) is 1. The van der Waals surface area contributed by atoms with E-state index in [0.717, 1.165) is 18.9 Å². The van der Waals surface area contributed by atoms with Crippen molar-refractivity contribution in [2.45, 2.75) is 161 Å². The minimum absolute atomic E-state index is 0.0393. The van der Waals surface area contributed by atoms with E-state index in [9.17, 15) is 4.79 Å². The molecule has 0 spiro atoms. The highest BCUT2D eigenvalue weighted by Crippen LogP contribution is 2.17. The largest absolute Gasteiger partial charge is 0.466 e. The van der Waals surface area contributed by atoms with Crippen LogP contribution in [0.5, 0.6) is 0 Å². The van der Waals surface area contributed by atoms with Crippen molar-refractivity contribution in [3.8, 4) is 0 Å². The van der Waals surface area contributed by atoms with Gasteiger partial charge in [0, 0.05) is 12.5 Å². The Labute approximate surface area is 214 Å². The van der Waals surface area contributed by atoms with E-state index >= 15 is 0 Å². The van der Waals surface area contributed by atoms with Gasteiger partial charge >= 0.3 is 5.97 Å². The molecule has 1 atom stereocenters. The van der Waals surface area contributed by atoms with E-state index in [0.29, 0.717) is 13.0 Å². The molecule has 0 aliphatic rings. The van der Waals surface area contributed by atoms with Gasteiger partial charge in [-0.15, -0.1) is 0 Å². The summed E-state index contributed by atoms with van der Waals surface area (Å²) in [4.78, 5) is 13.7. The fraction of sp³-hybridized carbons (Fsp3) is 0.903. The summed E-state index contributed by atoms with van der Waals surface area (Å²) in [6, 6.07) is 0.799. The number of hydrogen-bond acceptors (Lipinski definition) is 3. The van der Waals surface area contributed by atoms with Crippen molar-refractivity contribution in [3.05, 3.63) is 12.2 Å². The van der Waals surface area contributed by atoms with Crippen LogP contribution < -0.4 is 0 Å². The fourth-order valence-corrected chi connectivity index (χ4v) is 4.70. The zero-order chi connectivity index (χ0) is 25.1. The third-order valence-electron chi connectivity index (χ3n) is 7.00. The minimum atomic E-state index is -0.0393. The van der Waals surface area contributed by atoms with E-state index in [2.05, 4.69) is 38.1 Å². The molecule has 0 aromatic rings. The summed E-state index contributed by atoms with van der Waals surface area (Å²) in [6.45, 7) is 4.67. The van der Waals surface area contributed by atoms with Gasteiger partial charge in [0.2, 0.25) is 0 Å². The normalized spacial score (nSPS) is 12.6. The molecule has 3 heteroatoms. The van der Waals surface area contributed by atoms with Crippen LogP contribution in [0, 0.1) is 0 Å². The van der Waals surface area contributed by atoms with Crippen LogP contribution in [-0.2, 0) is 9.53 Å². The van der Waals surface area contributed by atoms with Crippen molar-refractivity contribution in [2.24, 2.45) is 0 Å². The van der Waals surface area contributed by atoms with Crippen LogP contribution in [0.2, 0.25) is 0 Å². The molecule has 0 aliphatic carbocycles. The van der Waals surface area contributed by atoms with Crippen LogP contribution in [0.3, 0.4) is 0 Å². The van der Waals surface area contributed by atoms with Gasteiger partial charge in [0.15, 0.2) is 0 Å². The first kappa shape index (κ1) is 33.2. The molecule has 0 N–H and O–H groups in total. The van der Waals surface area contributed by atoms with Crippen molar-refractivity contribution < 1.29 is 9.53 Å². The first-order chi connectivity index (χ1) is 16.6. The van der Waals surface area contributed by atoms with Gasteiger partial charge < -0.3 is 9.64 Å². The molecule has 202 valence electrons. The second-order valence-corrected chi connectivity index (χ2v) is 10.5. The van der Waals surface area contributed by atoms with E-state index in [1.54, 1.807) is 0 Å².